The first kappa shape index (κ1) is 15.8. The fourth-order valence-corrected chi connectivity index (χ4v) is 5.60. The summed E-state index contributed by atoms with van der Waals surface area (Å²) >= 11 is 0. The van der Waals surface area contributed by atoms with Crippen molar-refractivity contribution in [2.45, 2.75) is 58.8 Å². The molecule has 0 amide bonds. The number of hydrogen-bond donors (Lipinski definition) is 0. The molecular formula is C20H30O2. The van der Waals surface area contributed by atoms with E-state index in [1.807, 2.05) is 0 Å². The lowest BCUT2D eigenvalue weighted by Crippen LogP contribution is -2.48. The molecule has 0 spiro atoms. The van der Waals surface area contributed by atoms with Crippen LogP contribution in [0.1, 0.15) is 58.8 Å². The van der Waals surface area contributed by atoms with Crippen LogP contribution < -0.4 is 0 Å². The van der Waals surface area contributed by atoms with Gasteiger partial charge in [-0.2, -0.15) is 0 Å². The summed E-state index contributed by atoms with van der Waals surface area (Å²) in [4.78, 5) is 12.2. The van der Waals surface area contributed by atoms with Crippen LogP contribution in [0.15, 0.2) is 24.3 Å². The van der Waals surface area contributed by atoms with Crippen LogP contribution in [0, 0.1) is 28.6 Å². The third-order valence-corrected chi connectivity index (χ3v) is 6.94. The molecule has 2 heteroatoms. The van der Waals surface area contributed by atoms with E-state index in [1.54, 1.807) is 5.57 Å². The van der Waals surface area contributed by atoms with E-state index >= 15 is 0 Å². The lowest BCUT2D eigenvalue weighted by molar-refractivity contribution is -0.152. The van der Waals surface area contributed by atoms with E-state index in [0.29, 0.717) is 11.8 Å². The number of allylic oxidation sites excluding steroid dienone is 3. The smallest absolute Gasteiger partial charge is 0.308 e. The topological polar surface area (TPSA) is 26.3 Å². The van der Waals surface area contributed by atoms with Gasteiger partial charge in [-0.3, -0.25) is 4.79 Å². The van der Waals surface area contributed by atoms with Crippen molar-refractivity contribution in [3.8, 4) is 0 Å². The highest BCUT2D eigenvalue weighted by Gasteiger charge is 2.52. The molecule has 122 valence electrons. The molecule has 0 N–H and O–H groups in total. The van der Waals surface area contributed by atoms with E-state index in [2.05, 4.69) is 32.6 Å². The van der Waals surface area contributed by atoms with Crippen molar-refractivity contribution in [2.24, 2.45) is 28.6 Å². The second kappa shape index (κ2) is 5.54. The number of esters is 1. The lowest BCUT2D eigenvalue weighted by atomic mass is 9.49. The predicted octanol–water partition coefficient (Wildman–Crippen LogP) is 4.90. The minimum absolute atomic E-state index is 0.0155. The molecule has 0 radical (unpaired) electrons. The summed E-state index contributed by atoms with van der Waals surface area (Å²) in [5.74, 6) is 1.29. The third kappa shape index (κ3) is 2.35. The van der Waals surface area contributed by atoms with Gasteiger partial charge in [-0.25, -0.2) is 0 Å². The molecule has 2 nitrogen and oxygen atoms in total. The molecule has 3 aliphatic carbocycles. The van der Waals surface area contributed by atoms with Crippen LogP contribution >= 0.6 is 0 Å². The molecule has 0 heterocycles. The maximum atomic E-state index is 12.2. The quantitative estimate of drug-likeness (QED) is 0.535. The van der Waals surface area contributed by atoms with Gasteiger partial charge < -0.3 is 4.74 Å². The summed E-state index contributed by atoms with van der Waals surface area (Å²) in [5, 5.41) is 0. The van der Waals surface area contributed by atoms with Gasteiger partial charge in [0.2, 0.25) is 0 Å². The van der Waals surface area contributed by atoms with Crippen LogP contribution in [-0.4, -0.2) is 13.1 Å². The molecule has 0 aliphatic heterocycles. The molecule has 2 saturated carbocycles. The highest BCUT2D eigenvalue weighted by Crippen LogP contribution is 2.60. The molecule has 0 unspecified atom stereocenters. The number of hydrogen-bond acceptors (Lipinski definition) is 2. The largest absolute Gasteiger partial charge is 0.469 e. The first-order valence-corrected chi connectivity index (χ1v) is 8.85. The predicted molar refractivity (Wildman–Crippen MR) is 89.3 cm³/mol. The Morgan fingerprint density at radius 2 is 2.14 bits per heavy atom. The molecule has 0 aromatic heterocycles. The lowest BCUT2D eigenvalue weighted by Gasteiger charge is -2.55. The van der Waals surface area contributed by atoms with Crippen molar-refractivity contribution >= 4 is 5.97 Å². The number of rotatable bonds is 2. The van der Waals surface area contributed by atoms with Gasteiger partial charge in [-0.05, 0) is 61.2 Å². The van der Waals surface area contributed by atoms with Crippen LogP contribution in [0.25, 0.3) is 0 Å². The maximum Gasteiger partial charge on any atom is 0.308 e. The molecule has 0 bridgehead atoms. The Bertz CT molecular complexity index is 506. The SMILES string of the molecule is C=C[C@@]1(C)CC=C2[C@@H](CC[C@H]3[C@H](C(=O)OC)CCC[C@@]23C)C1. The standard InChI is InChI=1S/C20H30O2/c1-5-19(2)12-10-16-14(13-19)8-9-17-15(18(21)22-4)7-6-11-20(16,17)3/h5,10,14-15,17H,1,6-9,11-13H2,2-4H3/t14-,15+,17-,19-,20-/m0/s1. The van der Waals surface area contributed by atoms with Crippen molar-refractivity contribution in [3.05, 3.63) is 24.3 Å². The average Bonchev–Trinajstić information content (AvgIpc) is 2.52. The van der Waals surface area contributed by atoms with Crippen LogP contribution in [0.4, 0.5) is 0 Å². The highest BCUT2D eigenvalue weighted by molar-refractivity contribution is 5.73. The van der Waals surface area contributed by atoms with Crippen LogP contribution in [0.3, 0.4) is 0 Å². The molecule has 22 heavy (non-hydrogen) atoms. The molecule has 0 aromatic carbocycles. The summed E-state index contributed by atoms with van der Waals surface area (Å²) in [6.07, 6.45) is 12.8. The molecule has 0 aromatic rings. The van der Waals surface area contributed by atoms with Crippen molar-refractivity contribution in [1.29, 1.82) is 0 Å². The molecular weight excluding hydrogens is 272 g/mol. The van der Waals surface area contributed by atoms with E-state index in [-0.39, 0.29) is 22.7 Å². The van der Waals surface area contributed by atoms with Gasteiger partial charge in [0.15, 0.2) is 0 Å². The van der Waals surface area contributed by atoms with E-state index < -0.39 is 0 Å². The van der Waals surface area contributed by atoms with Crippen LogP contribution in [-0.2, 0) is 9.53 Å². The normalized spacial score (nSPS) is 44.3. The van der Waals surface area contributed by atoms with Crippen molar-refractivity contribution in [3.63, 3.8) is 0 Å². The Kier molecular flexibility index (Phi) is 3.99. The van der Waals surface area contributed by atoms with E-state index in [4.69, 9.17) is 4.74 Å². The Hall–Kier alpha value is -1.05. The van der Waals surface area contributed by atoms with E-state index in [0.717, 1.165) is 19.3 Å². The van der Waals surface area contributed by atoms with E-state index in [1.165, 1.54) is 32.8 Å². The van der Waals surface area contributed by atoms with Crippen LogP contribution in [0.5, 0.6) is 0 Å². The minimum Gasteiger partial charge on any atom is -0.469 e. The van der Waals surface area contributed by atoms with Gasteiger partial charge in [0, 0.05) is 0 Å². The number of ether oxygens (including phenoxy) is 1. The van der Waals surface area contributed by atoms with Crippen molar-refractivity contribution < 1.29 is 9.53 Å². The summed E-state index contributed by atoms with van der Waals surface area (Å²) in [6.45, 7) is 8.80. The Balaban J connectivity index is 1.92. The summed E-state index contributed by atoms with van der Waals surface area (Å²) in [7, 11) is 1.54. The zero-order chi connectivity index (χ0) is 16.0. The second-order valence-corrected chi connectivity index (χ2v) is 8.25. The molecule has 5 atom stereocenters. The Morgan fingerprint density at radius 1 is 1.36 bits per heavy atom. The molecule has 2 fully saturated rings. The first-order valence-electron chi connectivity index (χ1n) is 8.85. The molecule has 3 aliphatic rings. The van der Waals surface area contributed by atoms with Crippen molar-refractivity contribution in [2.75, 3.05) is 7.11 Å². The summed E-state index contributed by atoms with van der Waals surface area (Å²) in [5.41, 5.74) is 2.12. The van der Waals surface area contributed by atoms with Gasteiger partial charge in [0.1, 0.15) is 0 Å². The molecule has 0 saturated heterocycles. The van der Waals surface area contributed by atoms with Gasteiger partial charge in [0.25, 0.3) is 0 Å². The van der Waals surface area contributed by atoms with Gasteiger partial charge in [-0.1, -0.05) is 38.0 Å². The highest BCUT2D eigenvalue weighted by atomic mass is 16.5. The van der Waals surface area contributed by atoms with Crippen LogP contribution in [0.2, 0.25) is 0 Å². The molecule has 3 rings (SSSR count). The number of fused-ring (bicyclic) bond motifs is 3. The number of methoxy groups -OCH3 is 1. The monoisotopic (exact) mass is 302 g/mol. The third-order valence-electron chi connectivity index (χ3n) is 6.94. The van der Waals surface area contributed by atoms with Gasteiger partial charge in [-0.15, -0.1) is 6.58 Å². The fraction of sp³-hybridized carbons (Fsp3) is 0.750. The van der Waals surface area contributed by atoms with E-state index in [9.17, 15) is 4.79 Å². The second-order valence-electron chi connectivity index (χ2n) is 8.25. The maximum absolute atomic E-state index is 12.2. The zero-order valence-electron chi connectivity index (χ0n) is 14.4. The summed E-state index contributed by atoms with van der Waals surface area (Å²) in [6, 6.07) is 0. The van der Waals surface area contributed by atoms with Gasteiger partial charge >= 0.3 is 5.97 Å². The van der Waals surface area contributed by atoms with Crippen molar-refractivity contribution in [1.82, 2.24) is 0 Å². The minimum atomic E-state index is 0.0155. The zero-order valence-corrected chi connectivity index (χ0v) is 14.4. The number of carbonyl (C=O) groups excluding carboxylic acids is 1. The summed E-state index contributed by atoms with van der Waals surface area (Å²) < 4.78 is 5.10. The first-order chi connectivity index (χ1) is 10.4. The van der Waals surface area contributed by atoms with Gasteiger partial charge in [0.05, 0.1) is 13.0 Å². The Morgan fingerprint density at radius 3 is 2.82 bits per heavy atom. The average molecular weight is 302 g/mol. The number of carbonyl (C=O) groups is 1. The fourth-order valence-electron chi connectivity index (χ4n) is 5.60. The Labute approximate surface area is 135 Å².